The number of ether oxygens (including phenoxy) is 1. The molecule has 0 spiro atoms. The largest absolute Gasteiger partial charge is 0.497 e. The van der Waals surface area contributed by atoms with Crippen LogP contribution in [0, 0.1) is 0 Å². The molecule has 1 atom stereocenters. The number of carbonyl (C=O) groups is 1. The summed E-state index contributed by atoms with van der Waals surface area (Å²) in [5, 5.41) is 15.5. The fraction of sp³-hybridized carbons (Fsp3) is 0.258. The van der Waals surface area contributed by atoms with E-state index in [0.717, 1.165) is 55.8 Å². The molecule has 5 aromatic rings. The number of fused-ring (bicyclic) bond motifs is 1. The average Bonchev–Trinajstić information content (AvgIpc) is 3.77. The summed E-state index contributed by atoms with van der Waals surface area (Å²) in [4.78, 5) is 27.6. The number of anilines is 3. The maximum absolute atomic E-state index is 13.0. The number of benzene rings is 2. The van der Waals surface area contributed by atoms with Gasteiger partial charge in [-0.2, -0.15) is 18.3 Å². The van der Waals surface area contributed by atoms with Crippen LogP contribution in [0.4, 0.5) is 34.6 Å². The van der Waals surface area contributed by atoms with Crippen LogP contribution >= 0.6 is 22.7 Å². The molecular formula is C31H29F3N8O2S2. The average molecular weight is 667 g/mol. The molecule has 46 heavy (non-hydrogen) atoms. The van der Waals surface area contributed by atoms with Crippen molar-refractivity contribution in [2.75, 3.05) is 36.1 Å². The van der Waals surface area contributed by atoms with Crippen molar-refractivity contribution in [3.05, 3.63) is 88.0 Å². The van der Waals surface area contributed by atoms with E-state index < -0.39 is 17.8 Å². The molecule has 10 nitrogen and oxygen atoms in total. The van der Waals surface area contributed by atoms with E-state index in [1.165, 1.54) is 23.5 Å². The number of thiophene rings is 1. The maximum atomic E-state index is 13.0. The maximum Gasteiger partial charge on any atom is 0.416 e. The van der Waals surface area contributed by atoms with Crippen molar-refractivity contribution in [2.45, 2.75) is 31.5 Å². The smallest absolute Gasteiger partial charge is 0.416 e. The first kappa shape index (κ1) is 31.2. The van der Waals surface area contributed by atoms with Gasteiger partial charge in [0.2, 0.25) is 0 Å². The van der Waals surface area contributed by atoms with Gasteiger partial charge in [-0.15, -0.1) is 22.7 Å². The highest BCUT2D eigenvalue weighted by Crippen LogP contribution is 2.38. The number of thiazole rings is 1. The standard InChI is InChI=1S/C31H29F3N8O2S2/c1-30(16-39-42(17-30)15-19-6-8-22(44-2)9-7-19)25-13-24-26(46-25)27(38-18-37-24)35-11-10-23-14-36-29(45-23)41-28(43)40-21-5-3-4-20(12-21)31(32,33)34/h3-9,12-14,16,18H,10-11,15,17H2,1-2H3,(H,35,37,38)(H2,36,40,41,43). The number of hydrazone groups is 1. The van der Waals surface area contributed by atoms with Gasteiger partial charge in [0.05, 0.1) is 41.4 Å². The number of amides is 2. The van der Waals surface area contributed by atoms with E-state index in [1.54, 1.807) is 31.0 Å². The summed E-state index contributed by atoms with van der Waals surface area (Å²) >= 11 is 2.93. The van der Waals surface area contributed by atoms with Crippen molar-refractivity contribution in [1.82, 2.24) is 20.0 Å². The van der Waals surface area contributed by atoms with E-state index in [2.05, 4.69) is 54.0 Å². The summed E-state index contributed by atoms with van der Waals surface area (Å²) in [6, 6.07) is 13.8. The Morgan fingerprint density at radius 1 is 1.07 bits per heavy atom. The molecule has 0 bridgehead atoms. The zero-order valence-corrected chi connectivity index (χ0v) is 26.4. The molecule has 6 rings (SSSR count). The van der Waals surface area contributed by atoms with Gasteiger partial charge in [-0.3, -0.25) is 10.3 Å². The van der Waals surface area contributed by atoms with Gasteiger partial charge in [-0.25, -0.2) is 19.7 Å². The second-order valence-corrected chi connectivity index (χ2v) is 13.0. The van der Waals surface area contributed by atoms with Crippen molar-refractivity contribution < 1.29 is 22.7 Å². The topological polar surface area (TPSA) is 117 Å². The molecule has 0 fully saturated rings. The van der Waals surface area contributed by atoms with Crippen LogP contribution < -0.4 is 20.7 Å². The molecule has 2 aromatic carbocycles. The minimum atomic E-state index is -4.50. The number of urea groups is 1. The Bertz CT molecular complexity index is 1880. The second-order valence-electron chi connectivity index (χ2n) is 10.8. The number of hydrogen-bond donors (Lipinski definition) is 3. The molecule has 1 aliphatic rings. The van der Waals surface area contributed by atoms with Gasteiger partial charge in [0.25, 0.3) is 0 Å². The van der Waals surface area contributed by atoms with Crippen LogP contribution in [0.2, 0.25) is 0 Å². The lowest BCUT2D eigenvalue weighted by atomic mass is 9.91. The van der Waals surface area contributed by atoms with Crippen LogP contribution in [0.5, 0.6) is 5.75 Å². The lowest BCUT2D eigenvalue weighted by Crippen LogP contribution is -2.29. The summed E-state index contributed by atoms with van der Waals surface area (Å²) in [5.74, 6) is 1.56. The highest BCUT2D eigenvalue weighted by Gasteiger charge is 2.34. The zero-order valence-electron chi connectivity index (χ0n) is 24.8. The SMILES string of the molecule is COc1ccc(CN2CC(C)(c3cc4ncnc(NCCc5cnc(NC(=O)Nc6cccc(C(F)(F)F)c6)s5)c4s3)C=N2)cc1. The summed E-state index contributed by atoms with van der Waals surface area (Å²) in [5.41, 5.74) is 0.925. The molecule has 0 saturated carbocycles. The number of nitrogens with one attached hydrogen (secondary N) is 3. The summed E-state index contributed by atoms with van der Waals surface area (Å²) in [6.07, 6.45) is 1.31. The first-order valence-electron chi connectivity index (χ1n) is 14.2. The number of aromatic nitrogens is 3. The lowest BCUT2D eigenvalue weighted by Gasteiger charge is -2.22. The molecule has 1 aliphatic heterocycles. The number of methoxy groups -OCH3 is 1. The second kappa shape index (κ2) is 12.9. The van der Waals surface area contributed by atoms with Gasteiger partial charge in [-0.05, 0) is 48.9 Å². The Hall–Kier alpha value is -4.76. The first-order chi connectivity index (χ1) is 22.1. The predicted octanol–water partition coefficient (Wildman–Crippen LogP) is 7.23. The van der Waals surface area contributed by atoms with E-state index >= 15 is 0 Å². The summed E-state index contributed by atoms with van der Waals surface area (Å²) in [6.45, 7) is 4.17. The Morgan fingerprint density at radius 2 is 1.89 bits per heavy atom. The highest BCUT2D eigenvalue weighted by molar-refractivity contribution is 7.19. The molecule has 15 heteroatoms. The summed E-state index contributed by atoms with van der Waals surface area (Å²) < 4.78 is 45.1. The van der Waals surface area contributed by atoms with Crippen molar-refractivity contribution in [3.63, 3.8) is 0 Å². The van der Waals surface area contributed by atoms with Gasteiger partial charge in [0.1, 0.15) is 17.9 Å². The third-order valence-electron chi connectivity index (χ3n) is 7.30. The van der Waals surface area contributed by atoms with Gasteiger partial charge in [-0.1, -0.05) is 18.2 Å². The van der Waals surface area contributed by atoms with E-state index in [0.29, 0.717) is 24.6 Å². The fourth-order valence-electron chi connectivity index (χ4n) is 4.93. The Morgan fingerprint density at radius 3 is 2.67 bits per heavy atom. The Balaban J connectivity index is 1.03. The van der Waals surface area contributed by atoms with E-state index in [-0.39, 0.29) is 11.1 Å². The molecule has 3 aromatic heterocycles. The fourth-order valence-corrected chi connectivity index (χ4v) is 6.91. The predicted molar refractivity (Wildman–Crippen MR) is 175 cm³/mol. The highest BCUT2D eigenvalue weighted by atomic mass is 32.1. The molecule has 0 aliphatic carbocycles. The minimum Gasteiger partial charge on any atom is -0.497 e. The number of carbonyl (C=O) groups excluding carboxylic acids is 1. The van der Waals surface area contributed by atoms with Gasteiger partial charge in [0, 0.05) is 40.8 Å². The Labute approximate surface area is 270 Å². The van der Waals surface area contributed by atoms with Crippen molar-refractivity contribution >= 4 is 61.8 Å². The molecule has 0 saturated heterocycles. The number of alkyl halides is 3. The molecule has 1 unspecified atom stereocenters. The first-order valence-corrected chi connectivity index (χ1v) is 15.8. The third kappa shape index (κ3) is 7.21. The van der Waals surface area contributed by atoms with E-state index in [9.17, 15) is 18.0 Å². The molecule has 238 valence electrons. The van der Waals surface area contributed by atoms with E-state index in [4.69, 9.17) is 4.74 Å². The van der Waals surface area contributed by atoms with Crippen molar-refractivity contribution in [2.24, 2.45) is 5.10 Å². The summed E-state index contributed by atoms with van der Waals surface area (Å²) in [7, 11) is 1.65. The zero-order chi connectivity index (χ0) is 32.3. The quantitative estimate of drug-likeness (QED) is 0.144. The molecule has 4 heterocycles. The van der Waals surface area contributed by atoms with Crippen LogP contribution in [-0.4, -0.2) is 52.4 Å². The van der Waals surface area contributed by atoms with Crippen LogP contribution in [0.1, 0.15) is 27.8 Å². The monoisotopic (exact) mass is 666 g/mol. The number of halogens is 3. The molecule has 2 amide bonds. The van der Waals surface area contributed by atoms with Gasteiger partial charge < -0.3 is 15.4 Å². The van der Waals surface area contributed by atoms with Gasteiger partial charge >= 0.3 is 12.2 Å². The number of nitrogens with zero attached hydrogens (tertiary/aromatic N) is 5. The van der Waals surface area contributed by atoms with Crippen LogP contribution in [-0.2, 0) is 24.6 Å². The number of rotatable bonds is 10. The molecular weight excluding hydrogens is 638 g/mol. The van der Waals surface area contributed by atoms with Crippen LogP contribution in [0.3, 0.4) is 0 Å². The normalized spacial score (nSPS) is 16.2. The minimum absolute atomic E-state index is 0.0290. The van der Waals surface area contributed by atoms with Gasteiger partial charge in [0.15, 0.2) is 5.13 Å². The van der Waals surface area contributed by atoms with Crippen molar-refractivity contribution in [3.8, 4) is 5.75 Å². The molecule has 3 N–H and O–H groups in total. The third-order valence-corrected chi connectivity index (χ3v) is 9.68. The molecule has 0 radical (unpaired) electrons. The van der Waals surface area contributed by atoms with Crippen molar-refractivity contribution in [1.29, 1.82) is 0 Å². The van der Waals surface area contributed by atoms with Crippen LogP contribution in [0.25, 0.3) is 10.2 Å². The lowest BCUT2D eigenvalue weighted by molar-refractivity contribution is -0.137. The Kier molecular flexibility index (Phi) is 8.77. The van der Waals surface area contributed by atoms with Crippen LogP contribution in [0.15, 0.2) is 72.2 Å². The number of hydrogen-bond acceptors (Lipinski definition) is 10. The van der Waals surface area contributed by atoms with E-state index in [1.807, 2.05) is 30.5 Å².